The lowest BCUT2D eigenvalue weighted by atomic mass is 10.1. The van der Waals surface area contributed by atoms with Gasteiger partial charge in [0.25, 0.3) is 5.91 Å². The van der Waals surface area contributed by atoms with Gasteiger partial charge in [-0.05, 0) is 26.0 Å². The Bertz CT molecular complexity index is 792. The molecule has 2 aromatic rings. The number of nitrogens with zero attached hydrogens (tertiary/aromatic N) is 1. The molecule has 1 aromatic heterocycles. The molecule has 7 nitrogen and oxygen atoms in total. The summed E-state index contributed by atoms with van der Waals surface area (Å²) in [6.45, 7) is 3.48. The van der Waals surface area contributed by atoms with Crippen LogP contribution in [0.2, 0.25) is 0 Å². The van der Waals surface area contributed by atoms with Crippen molar-refractivity contribution in [1.82, 2.24) is 0 Å². The Morgan fingerprint density at radius 2 is 1.71 bits per heavy atom. The summed E-state index contributed by atoms with van der Waals surface area (Å²) in [7, 11) is 4.41. The van der Waals surface area contributed by atoms with Gasteiger partial charge in [-0.25, -0.2) is 0 Å². The lowest BCUT2D eigenvalue weighted by molar-refractivity contribution is 0.102. The molecule has 1 heterocycles. The normalized spacial score (nSPS) is 10.0. The third-order valence-corrected chi connectivity index (χ3v) is 3.65. The number of rotatable bonds is 5. The average Bonchev–Trinajstić information content (AvgIpc) is 2.86. The zero-order chi connectivity index (χ0) is 17.9. The van der Waals surface area contributed by atoms with Crippen molar-refractivity contribution in [3.63, 3.8) is 0 Å². The molecule has 1 amide bonds. The van der Waals surface area contributed by atoms with E-state index in [9.17, 15) is 10.1 Å². The molecule has 24 heavy (non-hydrogen) atoms. The Labute approximate surface area is 139 Å². The molecule has 1 aromatic carbocycles. The second kappa shape index (κ2) is 6.96. The Morgan fingerprint density at radius 1 is 1.12 bits per heavy atom. The molecule has 0 aliphatic rings. The van der Waals surface area contributed by atoms with Gasteiger partial charge in [-0.15, -0.1) is 0 Å². The zero-order valence-corrected chi connectivity index (χ0v) is 14.1. The molecule has 126 valence electrons. The van der Waals surface area contributed by atoms with Crippen molar-refractivity contribution in [1.29, 1.82) is 5.26 Å². The molecular formula is C17H18N2O5. The number of nitriles is 1. The molecule has 7 heteroatoms. The van der Waals surface area contributed by atoms with Gasteiger partial charge in [-0.2, -0.15) is 5.26 Å². The number of amides is 1. The number of carbonyl (C=O) groups is 1. The van der Waals surface area contributed by atoms with Crippen molar-refractivity contribution < 1.29 is 23.4 Å². The SMILES string of the molecule is COc1cc(C(=O)Nc2oc(C)c(C)c2C#N)cc(OC)c1OC. The molecule has 0 bridgehead atoms. The highest BCUT2D eigenvalue weighted by molar-refractivity contribution is 6.05. The monoisotopic (exact) mass is 330 g/mol. The summed E-state index contributed by atoms with van der Waals surface area (Å²) in [5, 5.41) is 11.8. The quantitative estimate of drug-likeness (QED) is 0.905. The molecule has 0 spiro atoms. The topological polar surface area (TPSA) is 93.7 Å². The van der Waals surface area contributed by atoms with Gasteiger partial charge in [0.05, 0.1) is 21.3 Å². The van der Waals surface area contributed by atoms with E-state index in [0.29, 0.717) is 34.1 Å². The van der Waals surface area contributed by atoms with E-state index >= 15 is 0 Å². The van der Waals surface area contributed by atoms with Crippen LogP contribution in [0.1, 0.15) is 27.2 Å². The second-order valence-corrected chi connectivity index (χ2v) is 4.97. The van der Waals surface area contributed by atoms with Gasteiger partial charge >= 0.3 is 0 Å². The van der Waals surface area contributed by atoms with E-state index in [-0.39, 0.29) is 11.4 Å². The molecule has 0 unspecified atom stereocenters. The highest BCUT2D eigenvalue weighted by Crippen LogP contribution is 2.38. The van der Waals surface area contributed by atoms with Crippen LogP contribution in [0.5, 0.6) is 17.2 Å². The standard InChI is InChI=1S/C17H18N2O5/c1-9-10(2)24-17(12(9)8-18)19-16(20)11-6-13(21-3)15(23-5)14(7-11)22-4/h6-7H,1-5H3,(H,19,20). The van der Waals surface area contributed by atoms with Crippen LogP contribution in [0.4, 0.5) is 5.88 Å². The maximum atomic E-state index is 12.5. The summed E-state index contributed by atoms with van der Waals surface area (Å²) in [5.41, 5.74) is 1.27. The van der Waals surface area contributed by atoms with Crippen molar-refractivity contribution in [3.05, 3.63) is 34.6 Å². The third-order valence-electron chi connectivity index (χ3n) is 3.65. The van der Waals surface area contributed by atoms with Crippen LogP contribution < -0.4 is 19.5 Å². The van der Waals surface area contributed by atoms with Crippen molar-refractivity contribution in [2.45, 2.75) is 13.8 Å². The number of benzene rings is 1. The largest absolute Gasteiger partial charge is 0.493 e. The molecule has 0 atom stereocenters. The first kappa shape index (κ1) is 17.2. The van der Waals surface area contributed by atoms with Gasteiger partial charge in [-0.3, -0.25) is 10.1 Å². The van der Waals surface area contributed by atoms with E-state index in [1.807, 2.05) is 6.07 Å². The number of aryl methyl sites for hydroxylation is 1. The lowest BCUT2D eigenvalue weighted by Gasteiger charge is -2.13. The third kappa shape index (κ3) is 2.99. The molecular weight excluding hydrogens is 312 g/mol. The van der Waals surface area contributed by atoms with Crippen molar-refractivity contribution in [3.8, 4) is 23.3 Å². The Balaban J connectivity index is 2.41. The van der Waals surface area contributed by atoms with Gasteiger partial charge in [0.1, 0.15) is 17.4 Å². The molecule has 0 aliphatic carbocycles. The fourth-order valence-corrected chi connectivity index (χ4v) is 2.24. The Morgan fingerprint density at radius 3 is 2.17 bits per heavy atom. The average molecular weight is 330 g/mol. The predicted molar refractivity (Wildman–Crippen MR) is 86.9 cm³/mol. The van der Waals surface area contributed by atoms with Gasteiger partial charge < -0.3 is 18.6 Å². The maximum Gasteiger partial charge on any atom is 0.258 e. The number of ether oxygens (including phenoxy) is 3. The van der Waals surface area contributed by atoms with Crippen LogP contribution in [0, 0.1) is 25.2 Å². The van der Waals surface area contributed by atoms with Gasteiger partial charge in [0.15, 0.2) is 11.5 Å². The zero-order valence-electron chi connectivity index (χ0n) is 14.1. The Hall–Kier alpha value is -3.14. The molecule has 0 saturated carbocycles. The van der Waals surface area contributed by atoms with Crippen LogP contribution in [-0.2, 0) is 0 Å². The van der Waals surface area contributed by atoms with Crippen LogP contribution >= 0.6 is 0 Å². The number of hydrogen-bond donors (Lipinski definition) is 1. The first-order valence-electron chi connectivity index (χ1n) is 7.08. The van der Waals surface area contributed by atoms with Crippen molar-refractivity contribution >= 4 is 11.8 Å². The number of hydrogen-bond acceptors (Lipinski definition) is 6. The van der Waals surface area contributed by atoms with Crippen LogP contribution in [0.3, 0.4) is 0 Å². The number of carbonyl (C=O) groups excluding carboxylic acids is 1. The number of anilines is 1. The predicted octanol–water partition coefficient (Wildman–Crippen LogP) is 3.05. The maximum absolute atomic E-state index is 12.5. The van der Waals surface area contributed by atoms with E-state index in [2.05, 4.69) is 5.32 Å². The van der Waals surface area contributed by atoms with Gasteiger partial charge in [0, 0.05) is 11.1 Å². The smallest absolute Gasteiger partial charge is 0.258 e. The summed E-state index contributed by atoms with van der Waals surface area (Å²) >= 11 is 0. The van der Waals surface area contributed by atoms with E-state index in [0.717, 1.165) is 0 Å². The molecule has 1 N–H and O–H groups in total. The number of methoxy groups -OCH3 is 3. The van der Waals surface area contributed by atoms with Crippen LogP contribution in [0.25, 0.3) is 0 Å². The molecule has 0 fully saturated rings. The Kier molecular flexibility index (Phi) is 4.99. The summed E-state index contributed by atoms with van der Waals surface area (Å²) < 4.78 is 21.1. The van der Waals surface area contributed by atoms with Crippen LogP contribution in [-0.4, -0.2) is 27.2 Å². The van der Waals surface area contributed by atoms with E-state index < -0.39 is 5.91 Å². The number of furan rings is 1. The first-order valence-corrected chi connectivity index (χ1v) is 7.08. The highest BCUT2D eigenvalue weighted by Gasteiger charge is 2.20. The summed E-state index contributed by atoms with van der Waals surface area (Å²) in [5.74, 6) is 1.33. The fourth-order valence-electron chi connectivity index (χ4n) is 2.24. The summed E-state index contributed by atoms with van der Waals surface area (Å²) in [6, 6.07) is 5.07. The fraction of sp³-hybridized carbons (Fsp3) is 0.294. The highest BCUT2D eigenvalue weighted by atomic mass is 16.5. The van der Waals surface area contributed by atoms with Gasteiger partial charge in [-0.1, -0.05) is 0 Å². The molecule has 0 saturated heterocycles. The minimum atomic E-state index is -0.459. The van der Waals surface area contributed by atoms with E-state index in [1.54, 1.807) is 13.8 Å². The summed E-state index contributed by atoms with van der Waals surface area (Å²) in [4.78, 5) is 12.5. The molecule has 2 rings (SSSR count). The van der Waals surface area contributed by atoms with Crippen molar-refractivity contribution in [2.75, 3.05) is 26.6 Å². The first-order chi connectivity index (χ1) is 11.5. The van der Waals surface area contributed by atoms with Gasteiger partial charge in [0.2, 0.25) is 11.6 Å². The van der Waals surface area contributed by atoms with E-state index in [1.165, 1.54) is 33.5 Å². The number of nitrogens with one attached hydrogen (secondary N) is 1. The second-order valence-electron chi connectivity index (χ2n) is 4.97. The minimum Gasteiger partial charge on any atom is -0.493 e. The lowest BCUT2D eigenvalue weighted by Crippen LogP contribution is -2.13. The summed E-state index contributed by atoms with van der Waals surface area (Å²) in [6.07, 6.45) is 0. The molecule has 0 radical (unpaired) electrons. The van der Waals surface area contributed by atoms with Crippen LogP contribution in [0.15, 0.2) is 16.5 Å². The molecule has 0 aliphatic heterocycles. The minimum absolute atomic E-state index is 0.117. The van der Waals surface area contributed by atoms with E-state index in [4.69, 9.17) is 18.6 Å². The van der Waals surface area contributed by atoms with Crippen molar-refractivity contribution in [2.24, 2.45) is 0 Å².